The highest BCUT2D eigenvalue weighted by molar-refractivity contribution is 5.37. The second kappa shape index (κ2) is 5.11. The van der Waals surface area contributed by atoms with Crippen molar-refractivity contribution in [3.63, 3.8) is 0 Å². The predicted octanol–water partition coefficient (Wildman–Crippen LogP) is -0.627. The standard InChI is InChI=1S/C9H18N6O2/c1-9(2,16)5-15(3)7-11-6(14-10)12-8(13-7)17-4/h16H,5,10H2,1-4H3,(H,11,12,13,14). The van der Waals surface area contributed by atoms with Crippen LogP contribution < -0.4 is 20.9 Å². The zero-order valence-corrected chi connectivity index (χ0v) is 10.4. The molecular weight excluding hydrogens is 224 g/mol. The van der Waals surface area contributed by atoms with E-state index in [-0.39, 0.29) is 12.0 Å². The number of nitrogens with one attached hydrogen (secondary N) is 1. The van der Waals surface area contributed by atoms with Crippen LogP contribution in [0.2, 0.25) is 0 Å². The Hall–Kier alpha value is -1.67. The molecule has 1 rings (SSSR count). The van der Waals surface area contributed by atoms with Gasteiger partial charge in [-0.25, -0.2) is 5.84 Å². The number of nitrogen functional groups attached to an aromatic ring is 1. The molecule has 0 aliphatic rings. The maximum Gasteiger partial charge on any atom is 0.322 e. The summed E-state index contributed by atoms with van der Waals surface area (Å²) in [6, 6.07) is 0.158. The Balaban J connectivity index is 2.96. The molecule has 8 nitrogen and oxygen atoms in total. The first kappa shape index (κ1) is 13.4. The van der Waals surface area contributed by atoms with Crippen LogP contribution in [0.1, 0.15) is 13.8 Å². The molecule has 1 heterocycles. The molecule has 8 heteroatoms. The molecule has 96 valence electrons. The lowest BCUT2D eigenvalue weighted by Gasteiger charge is -2.25. The summed E-state index contributed by atoms with van der Waals surface area (Å²) in [5, 5.41) is 9.72. The summed E-state index contributed by atoms with van der Waals surface area (Å²) in [7, 11) is 3.21. The van der Waals surface area contributed by atoms with Crippen molar-refractivity contribution < 1.29 is 9.84 Å². The SMILES string of the molecule is COc1nc(NN)nc(N(C)CC(C)(C)O)n1. The van der Waals surface area contributed by atoms with E-state index in [1.54, 1.807) is 25.8 Å². The number of hydrogen-bond donors (Lipinski definition) is 3. The lowest BCUT2D eigenvalue weighted by Crippen LogP contribution is -2.37. The van der Waals surface area contributed by atoms with Crippen molar-refractivity contribution in [2.24, 2.45) is 5.84 Å². The van der Waals surface area contributed by atoms with E-state index in [1.165, 1.54) is 7.11 Å². The highest BCUT2D eigenvalue weighted by Gasteiger charge is 2.18. The molecule has 0 saturated carbocycles. The zero-order valence-electron chi connectivity index (χ0n) is 10.4. The van der Waals surface area contributed by atoms with Crippen LogP contribution in [-0.2, 0) is 0 Å². The van der Waals surface area contributed by atoms with E-state index in [1.807, 2.05) is 0 Å². The van der Waals surface area contributed by atoms with Crippen LogP contribution in [0, 0.1) is 0 Å². The molecule has 0 spiro atoms. The highest BCUT2D eigenvalue weighted by atomic mass is 16.5. The molecule has 17 heavy (non-hydrogen) atoms. The van der Waals surface area contributed by atoms with Gasteiger partial charge in [-0.15, -0.1) is 0 Å². The number of aliphatic hydroxyl groups is 1. The van der Waals surface area contributed by atoms with Gasteiger partial charge in [-0.1, -0.05) is 0 Å². The van der Waals surface area contributed by atoms with Gasteiger partial charge in [-0.2, -0.15) is 15.0 Å². The van der Waals surface area contributed by atoms with Crippen LogP contribution in [0.4, 0.5) is 11.9 Å². The maximum absolute atomic E-state index is 9.72. The van der Waals surface area contributed by atoms with Crippen molar-refractivity contribution >= 4 is 11.9 Å². The molecule has 0 aliphatic heterocycles. The number of rotatable bonds is 5. The number of hydrazine groups is 1. The van der Waals surface area contributed by atoms with Gasteiger partial charge >= 0.3 is 6.01 Å². The number of likely N-dealkylation sites (N-methyl/N-ethyl adjacent to an activating group) is 1. The largest absolute Gasteiger partial charge is 0.467 e. The smallest absolute Gasteiger partial charge is 0.322 e. The molecule has 1 aromatic rings. The van der Waals surface area contributed by atoms with Crippen molar-refractivity contribution in [2.45, 2.75) is 19.4 Å². The minimum absolute atomic E-state index is 0.158. The van der Waals surface area contributed by atoms with E-state index in [0.717, 1.165) is 0 Å². The quantitative estimate of drug-likeness (QED) is 0.462. The van der Waals surface area contributed by atoms with Crippen LogP contribution in [0.25, 0.3) is 0 Å². The molecule has 0 saturated heterocycles. The Bertz CT molecular complexity index is 356. The summed E-state index contributed by atoms with van der Waals surface area (Å²) in [4.78, 5) is 13.7. The number of ether oxygens (including phenoxy) is 1. The summed E-state index contributed by atoms with van der Waals surface area (Å²) in [6.07, 6.45) is 0. The van der Waals surface area contributed by atoms with Crippen molar-refractivity contribution in [3.8, 4) is 6.01 Å². The van der Waals surface area contributed by atoms with Gasteiger partial charge in [-0.05, 0) is 13.8 Å². The zero-order chi connectivity index (χ0) is 13.1. The van der Waals surface area contributed by atoms with E-state index in [2.05, 4.69) is 20.4 Å². The Labute approximate surface area is 99.8 Å². The molecule has 0 fully saturated rings. The van der Waals surface area contributed by atoms with Crippen molar-refractivity contribution in [1.29, 1.82) is 0 Å². The van der Waals surface area contributed by atoms with E-state index < -0.39 is 5.60 Å². The molecular formula is C9H18N6O2. The van der Waals surface area contributed by atoms with E-state index in [9.17, 15) is 5.11 Å². The van der Waals surface area contributed by atoms with Crippen LogP contribution in [-0.4, -0.2) is 46.4 Å². The summed E-state index contributed by atoms with van der Waals surface area (Å²) in [5.74, 6) is 5.81. The van der Waals surface area contributed by atoms with E-state index in [4.69, 9.17) is 10.6 Å². The van der Waals surface area contributed by atoms with Gasteiger partial charge in [0.25, 0.3) is 0 Å². The molecule has 0 bridgehead atoms. The van der Waals surface area contributed by atoms with Crippen LogP contribution >= 0.6 is 0 Å². The monoisotopic (exact) mass is 242 g/mol. The summed E-state index contributed by atoms with van der Waals surface area (Å²) < 4.78 is 4.93. The Morgan fingerprint density at radius 2 is 2.06 bits per heavy atom. The third kappa shape index (κ3) is 4.00. The Morgan fingerprint density at radius 3 is 2.53 bits per heavy atom. The average Bonchev–Trinajstić information content (AvgIpc) is 2.26. The lowest BCUT2D eigenvalue weighted by atomic mass is 10.1. The van der Waals surface area contributed by atoms with Gasteiger partial charge in [0.1, 0.15) is 0 Å². The fraction of sp³-hybridized carbons (Fsp3) is 0.667. The lowest BCUT2D eigenvalue weighted by molar-refractivity contribution is 0.0882. The van der Waals surface area contributed by atoms with Gasteiger partial charge < -0.3 is 14.7 Å². The fourth-order valence-electron chi connectivity index (χ4n) is 1.32. The second-order valence-corrected chi connectivity index (χ2v) is 4.26. The van der Waals surface area contributed by atoms with Crippen molar-refractivity contribution in [2.75, 3.05) is 31.0 Å². The molecule has 0 aromatic carbocycles. The third-order valence-electron chi connectivity index (χ3n) is 1.88. The molecule has 0 atom stereocenters. The first-order chi connectivity index (χ1) is 7.85. The number of aromatic nitrogens is 3. The minimum Gasteiger partial charge on any atom is -0.467 e. The Kier molecular flexibility index (Phi) is 4.02. The van der Waals surface area contributed by atoms with E-state index >= 15 is 0 Å². The average molecular weight is 242 g/mol. The van der Waals surface area contributed by atoms with E-state index in [0.29, 0.717) is 12.5 Å². The first-order valence-corrected chi connectivity index (χ1v) is 5.06. The molecule has 0 amide bonds. The van der Waals surface area contributed by atoms with Crippen molar-refractivity contribution in [1.82, 2.24) is 15.0 Å². The molecule has 1 aromatic heterocycles. The number of nitrogens with zero attached hydrogens (tertiary/aromatic N) is 4. The summed E-state index contributed by atoms with van der Waals surface area (Å²) in [6.45, 7) is 3.76. The summed E-state index contributed by atoms with van der Waals surface area (Å²) in [5.41, 5.74) is 1.47. The normalized spacial score (nSPS) is 11.2. The first-order valence-electron chi connectivity index (χ1n) is 5.06. The number of methoxy groups -OCH3 is 1. The topological polar surface area (TPSA) is 109 Å². The van der Waals surface area contributed by atoms with Crippen LogP contribution in [0.15, 0.2) is 0 Å². The van der Waals surface area contributed by atoms with Gasteiger partial charge in [-0.3, -0.25) is 5.43 Å². The van der Waals surface area contributed by atoms with Crippen LogP contribution in [0.3, 0.4) is 0 Å². The van der Waals surface area contributed by atoms with Crippen molar-refractivity contribution in [3.05, 3.63) is 0 Å². The number of nitrogens with two attached hydrogens (primary N) is 1. The molecule has 0 aliphatic carbocycles. The number of hydrogen-bond acceptors (Lipinski definition) is 8. The third-order valence-corrected chi connectivity index (χ3v) is 1.88. The van der Waals surface area contributed by atoms with Gasteiger partial charge in [0.15, 0.2) is 0 Å². The maximum atomic E-state index is 9.72. The van der Waals surface area contributed by atoms with Gasteiger partial charge in [0.05, 0.1) is 12.7 Å². The van der Waals surface area contributed by atoms with Gasteiger partial charge in [0.2, 0.25) is 11.9 Å². The minimum atomic E-state index is -0.856. The highest BCUT2D eigenvalue weighted by Crippen LogP contribution is 2.15. The molecule has 4 N–H and O–H groups in total. The predicted molar refractivity (Wildman–Crippen MR) is 63.8 cm³/mol. The van der Waals surface area contributed by atoms with Gasteiger partial charge in [0, 0.05) is 13.6 Å². The fourth-order valence-corrected chi connectivity index (χ4v) is 1.32. The molecule has 0 radical (unpaired) electrons. The van der Waals surface area contributed by atoms with Crippen LogP contribution in [0.5, 0.6) is 6.01 Å². The number of anilines is 2. The molecule has 0 unspecified atom stereocenters. The Morgan fingerprint density at radius 1 is 1.41 bits per heavy atom. The second-order valence-electron chi connectivity index (χ2n) is 4.26. The summed E-state index contributed by atoms with van der Waals surface area (Å²) >= 11 is 0.